The van der Waals surface area contributed by atoms with E-state index >= 15 is 0 Å². The van der Waals surface area contributed by atoms with E-state index in [-0.39, 0.29) is 17.9 Å². The van der Waals surface area contributed by atoms with Crippen LogP contribution >= 0.6 is 11.6 Å². The molecule has 0 saturated heterocycles. The third-order valence-electron chi connectivity index (χ3n) is 3.74. The first-order valence-electron chi connectivity index (χ1n) is 6.29. The molecule has 1 fully saturated rings. The van der Waals surface area contributed by atoms with Gasteiger partial charge in [0, 0.05) is 27.9 Å². The Balaban J connectivity index is 1.74. The van der Waals surface area contributed by atoms with Crippen LogP contribution in [0.3, 0.4) is 0 Å². The van der Waals surface area contributed by atoms with E-state index in [1.807, 2.05) is 12.1 Å². The second-order valence-corrected chi connectivity index (χ2v) is 5.69. The van der Waals surface area contributed by atoms with Crippen molar-refractivity contribution in [1.82, 2.24) is 10.3 Å². The van der Waals surface area contributed by atoms with Crippen LogP contribution in [0.2, 0.25) is 5.02 Å². The average Bonchev–Trinajstić information content (AvgIpc) is 3.07. The lowest BCUT2D eigenvalue weighted by Gasteiger charge is -2.11. The molecule has 5 heteroatoms. The Morgan fingerprint density at radius 1 is 1.42 bits per heavy atom. The Morgan fingerprint density at radius 3 is 2.89 bits per heavy atom. The Hall–Kier alpha value is -1.52. The Labute approximate surface area is 115 Å². The van der Waals surface area contributed by atoms with Crippen LogP contribution in [0.4, 0.5) is 0 Å². The summed E-state index contributed by atoms with van der Waals surface area (Å²) in [5, 5.41) is 13.6. The molecule has 2 aromatic rings. The summed E-state index contributed by atoms with van der Waals surface area (Å²) in [6.45, 7) is 0.661. The van der Waals surface area contributed by atoms with Gasteiger partial charge in [-0.3, -0.25) is 4.79 Å². The maximum atomic E-state index is 12.0. The van der Waals surface area contributed by atoms with Gasteiger partial charge >= 0.3 is 0 Å². The number of H-pyrrole nitrogens is 1. The van der Waals surface area contributed by atoms with Crippen LogP contribution in [0, 0.1) is 5.41 Å². The van der Waals surface area contributed by atoms with E-state index in [2.05, 4.69) is 10.3 Å². The molecule has 0 aliphatic heterocycles. The maximum absolute atomic E-state index is 12.0. The zero-order chi connectivity index (χ0) is 13.5. The highest BCUT2D eigenvalue weighted by Crippen LogP contribution is 2.44. The highest BCUT2D eigenvalue weighted by molar-refractivity contribution is 6.31. The average molecular weight is 279 g/mol. The van der Waals surface area contributed by atoms with E-state index in [1.165, 1.54) is 0 Å². The number of rotatable bonds is 4. The van der Waals surface area contributed by atoms with Crippen molar-refractivity contribution in [2.45, 2.75) is 12.8 Å². The Kier molecular flexibility index (Phi) is 2.99. The minimum absolute atomic E-state index is 0.0784. The highest BCUT2D eigenvalue weighted by Gasteiger charge is 2.42. The molecule has 1 saturated carbocycles. The minimum Gasteiger partial charge on any atom is -0.396 e. The third-order valence-corrected chi connectivity index (χ3v) is 3.98. The molecule has 100 valence electrons. The summed E-state index contributed by atoms with van der Waals surface area (Å²) in [5.74, 6) is -0.146. The molecule has 1 aromatic heterocycles. The van der Waals surface area contributed by atoms with Gasteiger partial charge in [-0.05, 0) is 37.1 Å². The molecular weight excluding hydrogens is 264 g/mol. The molecule has 19 heavy (non-hydrogen) atoms. The van der Waals surface area contributed by atoms with E-state index in [0.717, 1.165) is 23.7 Å². The largest absolute Gasteiger partial charge is 0.396 e. The molecule has 0 radical (unpaired) electrons. The molecule has 4 nitrogen and oxygen atoms in total. The number of aromatic nitrogens is 1. The number of halogens is 1. The molecule has 1 aliphatic rings. The van der Waals surface area contributed by atoms with Gasteiger partial charge in [0.2, 0.25) is 0 Å². The van der Waals surface area contributed by atoms with Crippen LogP contribution in [0.1, 0.15) is 23.3 Å². The van der Waals surface area contributed by atoms with Gasteiger partial charge in [-0.25, -0.2) is 0 Å². The third kappa shape index (κ3) is 2.46. The number of carbonyl (C=O) groups excluding carboxylic acids is 1. The molecular formula is C14H15ClN2O2. The number of hydrogen-bond acceptors (Lipinski definition) is 2. The predicted molar refractivity (Wildman–Crippen MR) is 74.4 cm³/mol. The molecule has 0 atom stereocenters. The van der Waals surface area contributed by atoms with Crippen molar-refractivity contribution >= 4 is 28.4 Å². The van der Waals surface area contributed by atoms with Crippen LogP contribution in [0.25, 0.3) is 10.9 Å². The van der Waals surface area contributed by atoms with E-state index in [9.17, 15) is 9.90 Å². The van der Waals surface area contributed by atoms with Gasteiger partial charge in [-0.2, -0.15) is 0 Å². The first-order chi connectivity index (χ1) is 9.12. The summed E-state index contributed by atoms with van der Waals surface area (Å²) in [6.07, 6.45) is 1.96. The van der Waals surface area contributed by atoms with E-state index in [0.29, 0.717) is 17.3 Å². The smallest absolute Gasteiger partial charge is 0.267 e. The first kappa shape index (κ1) is 12.5. The van der Waals surface area contributed by atoms with Crippen molar-refractivity contribution in [3.63, 3.8) is 0 Å². The molecule has 0 bridgehead atoms. The predicted octanol–water partition coefficient (Wildman–Crippen LogP) is 2.32. The fraction of sp³-hybridized carbons (Fsp3) is 0.357. The molecule has 1 amide bonds. The number of nitrogens with one attached hydrogen (secondary N) is 2. The van der Waals surface area contributed by atoms with Crippen molar-refractivity contribution in [1.29, 1.82) is 0 Å². The zero-order valence-electron chi connectivity index (χ0n) is 10.4. The number of carbonyl (C=O) groups is 1. The van der Waals surface area contributed by atoms with E-state index < -0.39 is 0 Å². The van der Waals surface area contributed by atoms with Gasteiger partial charge in [-0.1, -0.05) is 11.6 Å². The second-order valence-electron chi connectivity index (χ2n) is 5.26. The van der Waals surface area contributed by atoms with Gasteiger partial charge < -0.3 is 15.4 Å². The number of hydrogen-bond donors (Lipinski definition) is 3. The lowest BCUT2D eigenvalue weighted by Crippen LogP contribution is -2.32. The lowest BCUT2D eigenvalue weighted by atomic mass is 10.1. The van der Waals surface area contributed by atoms with Crippen molar-refractivity contribution in [3.8, 4) is 0 Å². The van der Waals surface area contributed by atoms with Gasteiger partial charge in [0.25, 0.3) is 5.91 Å². The highest BCUT2D eigenvalue weighted by atomic mass is 35.5. The summed E-state index contributed by atoms with van der Waals surface area (Å²) in [5.41, 5.74) is 1.33. The van der Waals surface area contributed by atoms with Crippen LogP contribution in [-0.2, 0) is 0 Å². The van der Waals surface area contributed by atoms with Crippen molar-refractivity contribution < 1.29 is 9.90 Å². The summed E-state index contributed by atoms with van der Waals surface area (Å²) < 4.78 is 0. The molecule has 1 aliphatic carbocycles. The van der Waals surface area contributed by atoms with Gasteiger partial charge in [0.1, 0.15) is 5.69 Å². The summed E-state index contributed by atoms with van der Waals surface area (Å²) in [6, 6.07) is 7.24. The molecule has 0 unspecified atom stereocenters. The van der Waals surface area contributed by atoms with Crippen LogP contribution in [0.15, 0.2) is 24.3 Å². The fourth-order valence-corrected chi connectivity index (χ4v) is 2.34. The van der Waals surface area contributed by atoms with Crippen LogP contribution in [0.5, 0.6) is 0 Å². The summed E-state index contributed by atoms with van der Waals surface area (Å²) >= 11 is 5.91. The zero-order valence-corrected chi connectivity index (χ0v) is 11.1. The van der Waals surface area contributed by atoms with Crippen LogP contribution in [-0.4, -0.2) is 29.1 Å². The number of amides is 1. The first-order valence-corrected chi connectivity index (χ1v) is 6.67. The molecule has 3 N–H and O–H groups in total. The quantitative estimate of drug-likeness (QED) is 0.804. The van der Waals surface area contributed by atoms with Crippen molar-refractivity contribution in [2.75, 3.05) is 13.2 Å². The number of aliphatic hydroxyl groups is 1. The second kappa shape index (κ2) is 4.54. The van der Waals surface area contributed by atoms with Gasteiger partial charge in [-0.15, -0.1) is 0 Å². The van der Waals surface area contributed by atoms with Crippen molar-refractivity contribution in [2.24, 2.45) is 5.41 Å². The standard InChI is InChI=1S/C14H15ClN2O2/c15-10-1-2-11-9(5-10)6-12(17-11)13(19)16-7-14(8-18)3-4-14/h1-2,5-6,17-18H,3-4,7-8H2,(H,16,19). The molecule has 3 rings (SSSR count). The summed E-state index contributed by atoms with van der Waals surface area (Å²) in [7, 11) is 0. The molecule has 1 aromatic carbocycles. The van der Waals surface area contributed by atoms with Crippen molar-refractivity contribution in [3.05, 3.63) is 35.0 Å². The van der Waals surface area contributed by atoms with E-state index in [1.54, 1.807) is 12.1 Å². The maximum Gasteiger partial charge on any atom is 0.267 e. The molecule has 0 spiro atoms. The molecule has 1 heterocycles. The topological polar surface area (TPSA) is 65.1 Å². The number of fused-ring (bicyclic) bond motifs is 1. The Morgan fingerprint density at radius 2 is 2.21 bits per heavy atom. The fourth-order valence-electron chi connectivity index (χ4n) is 2.16. The minimum atomic E-state index is -0.146. The number of aliphatic hydroxyl groups excluding tert-OH is 1. The number of benzene rings is 1. The van der Waals surface area contributed by atoms with Gasteiger partial charge in [0.15, 0.2) is 0 Å². The monoisotopic (exact) mass is 278 g/mol. The SMILES string of the molecule is O=C(NCC1(CO)CC1)c1cc2cc(Cl)ccc2[nH]1. The van der Waals surface area contributed by atoms with Gasteiger partial charge in [0.05, 0.1) is 6.61 Å². The number of aromatic amines is 1. The normalized spacial score (nSPS) is 16.5. The lowest BCUT2D eigenvalue weighted by molar-refractivity contribution is 0.0931. The Bertz CT molecular complexity index is 631. The summed E-state index contributed by atoms with van der Waals surface area (Å²) in [4.78, 5) is 15.1. The van der Waals surface area contributed by atoms with Crippen LogP contribution < -0.4 is 5.32 Å². The van der Waals surface area contributed by atoms with E-state index in [4.69, 9.17) is 11.6 Å².